The molecule has 0 aromatic heterocycles. The van der Waals surface area contributed by atoms with Crippen LogP contribution in [0.3, 0.4) is 0 Å². The minimum atomic E-state index is -4.15. The Morgan fingerprint density at radius 3 is 2.00 bits per heavy atom. The molecule has 0 fully saturated rings. The van der Waals surface area contributed by atoms with Crippen molar-refractivity contribution >= 4 is 21.6 Å². The first kappa shape index (κ1) is 20.8. The van der Waals surface area contributed by atoms with Crippen LogP contribution in [0.1, 0.15) is 0 Å². The minimum absolute atomic E-state index is 0.128. The van der Waals surface area contributed by atoms with Gasteiger partial charge in [0.2, 0.25) is 5.91 Å². The van der Waals surface area contributed by atoms with Gasteiger partial charge in [0.05, 0.1) is 10.6 Å². The molecule has 0 bridgehead atoms. The van der Waals surface area contributed by atoms with Crippen LogP contribution in [0, 0.1) is 11.6 Å². The lowest BCUT2D eigenvalue weighted by Gasteiger charge is -2.24. The van der Waals surface area contributed by atoms with Crippen molar-refractivity contribution < 1.29 is 22.0 Å². The molecule has 146 valence electrons. The summed E-state index contributed by atoms with van der Waals surface area (Å²) >= 11 is 0. The van der Waals surface area contributed by atoms with E-state index in [0.717, 1.165) is 40.7 Å². The quantitative estimate of drug-likeness (QED) is 0.738. The number of nitrogens with zero attached hydrogens (tertiary/aromatic N) is 2. The van der Waals surface area contributed by atoms with E-state index in [1.807, 2.05) is 19.0 Å². The molecular formula is C18H21F2N3O3S. The fraction of sp³-hybridized carbons (Fsp3) is 0.278. The van der Waals surface area contributed by atoms with E-state index in [1.165, 1.54) is 12.1 Å². The maximum Gasteiger partial charge on any atom is 0.264 e. The van der Waals surface area contributed by atoms with Crippen molar-refractivity contribution in [3.63, 3.8) is 0 Å². The molecule has 0 spiro atoms. The van der Waals surface area contributed by atoms with Crippen molar-refractivity contribution in [1.82, 2.24) is 10.2 Å². The highest BCUT2D eigenvalue weighted by atomic mass is 32.2. The molecule has 27 heavy (non-hydrogen) atoms. The Balaban J connectivity index is 2.30. The molecule has 1 N–H and O–H groups in total. The van der Waals surface area contributed by atoms with Gasteiger partial charge in [0.1, 0.15) is 18.2 Å². The summed E-state index contributed by atoms with van der Waals surface area (Å²) in [5.74, 6) is -1.62. The zero-order valence-electron chi connectivity index (χ0n) is 15.0. The van der Waals surface area contributed by atoms with Crippen LogP contribution in [0.2, 0.25) is 0 Å². The van der Waals surface area contributed by atoms with E-state index in [9.17, 15) is 22.0 Å². The smallest absolute Gasteiger partial charge is 0.264 e. The summed E-state index contributed by atoms with van der Waals surface area (Å²) in [5.41, 5.74) is 0.128. The molecule has 0 saturated carbocycles. The molecule has 2 rings (SSSR count). The normalized spacial score (nSPS) is 11.4. The number of carbonyl (C=O) groups is 1. The Morgan fingerprint density at radius 2 is 1.48 bits per heavy atom. The van der Waals surface area contributed by atoms with Gasteiger partial charge in [0.15, 0.2) is 0 Å². The van der Waals surface area contributed by atoms with Crippen molar-refractivity contribution in [3.8, 4) is 0 Å². The van der Waals surface area contributed by atoms with Gasteiger partial charge in [-0.3, -0.25) is 9.10 Å². The van der Waals surface area contributed by atoms with Crippen LogP contribution < -0.4 is 9.62 Å². The highest BCUT2D eigenvalue weighted by molar-refractivity contribution is 7.92. The molecule has 0 saturated heterocycles. The van der Waals surface area contributed by atoms with Gasteiger partial charge < -0.3 is 10.2 Å². The second-order valence-corrected chi connectivity index (χ2v) is 7.96. The molecule has 0 aliphatic carbocycles. The van der Waals surface area contributed by atoms with Gasteiger partial charge in [-0.1, -0.05) is 0 Å². The van der Waals surface area contributed by atoms with E-state index < -0.39 is 34.1 Å². The van der Waals surface area contributed by atoms with E-state index >= 15 is 0 Å². The molecule has 0 atom stereocenters. The third kappa shape index (κ3) is 5.73. The maximum atomic E-state index is 13.2. The first-order valence-corrected chi connectivity index (χ1v) is 9.59. The van der Waals surface area contributed by atoms with Crippen LogP contribution in [0.5, 0.6) is 0 Å². The molecular weight excluding hydrogens is 376 g/mol. The average Bonchev–Trinajstić information content (AvgIpc) is 2.60. The van der Waals surface area contributed by atoms with Crippen molar-refractivity contribution in [1.29, 1.82) is 0 Å². The number of hydrogen-bond donors (Lipinski definition) is 1. The van der Waals surface area contributed by atoms with Crippen molar-refractivity contribution in [2.75, 3.05) is 38.0 Å². The zero-order valence-corrected chi connectivity index (χ0v) is 15.8. The van der Waals surface area contributed by atoms with E-state index in [0.29, 0.717) is 13.1 Å². The first-order valence-electron chi connectivity index (χ1n) is 8.15. The van der Waals surface area contributed by atoms with Crippen molar-refractivity contribution in [2.24, 2.45) is 0 Å². The number of carbonyl (C=O) groups excluding carboxylic acids is 1. The molecule has 9 heteroatoms. The van der Waals surface area contributed by atoms with Gasteiger partial charge in [0.25, 0.3) is 10.0 Å². The summed E-state index contributed by atoms with van der Waals surface area (Å²) in [7, 11) is -0.461. The van der Waals surface area contributed by atoms with Gasteiger partial charge >= 0.3 is 0 Å². The highest BCUT2D eigenvalue weighted by Crippen LogP contribution is 2.24. The number of hydrogen-bond acceptors (Lipinski definition) is 4. The maximum absolute atomic E-state index is 13.2. The average molecular weight is 397 g/mol. The van der Waals surface area contributed by atoms with E-state index in [1.54, 1.807) is 0 Å². The van der Waals surface area contributed by atoms with Crippen molar-refractivity contribution in [3.05, 3.63) is 60.2 Å². The number of likely N-dealkylation sites (N-methyl/N-ethyl adjacent to an activating group) is 1. The third-order valence-corrected chi connectivity index (χ3v) is 5.47. The van der Waals surface area contributed by atoms with E-state index in [2.05, 4.69) is 5.32 Å². The van der Waals surface area contributed by atoms with Crippen LogP contribution in [-0.2, 0) is 14.8 Å². The second kappa shape index (κ2) is 8.92. The number of halogens is 2. The number of rotatable bonds is 8. The molecule has 1 amide bonds. The predicted octanol–water partition coefficient (Wildman–Crippen LogP) is 1.84. The highest BCUT2D eigenvalue weighted by Gasteiger charge is 2.27. The summed E-state index contributed by atoms with van der Waals surface area (Å²) in [6, 6.07) is 9.02. The molecule has 6 nitrogen and oxygen atoms in total. The SMILES string of the molecule is CN(C)CCNC(=O)CN(c1ccc(F)cc1)S(=O)(=O)c1ccc(F)cc1. The lowest BCUT2D eigenvalue weighted by molar-refractivity contribution is -0.119. The molecule has 2 aromatic carbocycles. The van der Waals surface area contributed by atoms with Crippen LogP contribution in [-0.4, -0.2) is 53.0 Å². The molecule has 0 aliphatic rings. The standard InChI is InChI=1S/C18H21F2N3O3S/c1-22(2)12-11-21-18(24)13-23(16-7-3-14(19)4-8-16)27(25,26)17-9-5-15(20)6-10-17/h3-10H,11-13H2,1-2H3,(H,21,24). The Hall–Kier alpha value is -2.52. The Morgan fingerprint density at radius 1 is 0.963 bits per heavy atom. The summed E-state index contributed by atoms with van der Waals surface area (Å²) in [4.78, 5) is 13.9. The second-order valence-electron chi connectivity index (χ2n) is 6.10. The molecule has 2 aromatic rings. The van der Waals surface area contributed by atoms with Gasteiger partial charge in [-0.2, -0.15) is 0 Å². The number of anilines is 1. The van der Waals surface area contributed by atoms with Gasteiger partial charge in [0, 0.05) is 13.1 Å². The van der Waals surface area contributed by atoms with Gasteiger partial charge in [-0.15, -0.1) is 0 Å². The Labute approximate surface area is 157 Å². The molecule has 0 heterocycles. The topological polar surface area (TPSA) is 69.7 Å². The van der Waals surface area contributed by atoms with Crippen LogP contribution in [0.25, 0.3) is 0 Å². The fourth-order valence-electron chi connectivity index (χ4n) is 2.26. The first-order chi connectivity index (χ1) is 12.7. The lowest BCUT2D eigenvalue weighted by Crippen LogP contribution is -2.42. The molecule has 0 aliphatic heterocycles. The Bertz CT molecular complexity index is 870. The van der Waals surface area contributed by atoms with E-state index in [-0.39, 0.29) is 10.6 Å². The summed E-state index contributed by atoms with van der Waals surface area (Å²) in [6.07, 6.45) is 0. The van der Waals surface area contributed by atoms with Crippen LogP contribution >= 0.6 is 0 Å². The van der Waals surface area contributed by atoms with Crippen molar-refractivity contribution in [2.45, 2.75) is 4.90 Å². The number of benzene rings is 2. The van der Waals surface area contributed by atoms with E-state index in [4.69, 9.17) is 0 Å². The predicted molar refractivity (Wildman–Crippen MR) is 98.9 cm³/mol. The third-order valence-electron chi connectivity index (χ3n) is 3.68. The molecule has 0 unspecified atom stereocenters. The van der Waals surface area contributed by atoms with Gasteiger partial charge in [-0.25, -0.2) is 17.2 Å². The number of sulfonamides is 1. The summed E-state index contributed by atoms with van der Waals surface area (Å²) in [6.45, 7) is 0.450. The summed E-state index contributed by atoms with van der Waals surface area (Å²) < 4.78 is 53.2. The molecule has 0 radical (unpaired) electrons. The lowest BCUT2D eigenvalue weighted by atomic mass is 10.3. The number of amides is 1. The number of nitrogens with one attached hydrogen (secondary N) is 1. The minimum Gasteiger partial charge on any atom is -0.353 e. The zero-order chi connectivity index (χ0) is 20.0. The monoisotopic (exact) mass is 397 g/mol. The van der Waals surface area contributed by atoms with Crippen LogP contribution in [0.4, 0.5) is 14.5 Å². The van der Waals surface area contributed by atoms with Gasteiger partial charge in [-0.05, 0) is 62.6 Å². The Kier molecular flexibility index (Phi) is 6.86. The van der Waals surface area contributed by atoms with Crippen LogP contribution in [0.15, 0.2) is 53.4 Å². The largest absolute Gasteiger partial charge is 0.353 e. The summed E-state index contributed by atoms with van der Waals surface area (Å²) in [5, 5.41) is 2.64. The fourth-order valence-corrected chi connectivity index (χ4v) is 3.68.